The van der Waals surface area contributed by atoms with Gasteiger partial charge in [0.2, 0.25) is 0 Å². The lowest BCUT2D eigenvalue weighted by Gasteiger charge is -2.35. The number of benzene rings is 1. The third-order valence-electron chi connectivity index (χ3n) is 5.32. The van der Waals surface area contributed by atoms with Crippen LogP contribution >= 0.6 is 12.2 Å². The molecule has 0 aromatic heterocycles. The van der Waals surface area contributed by atoms with Crippen LogP contribution in [0.4, 0.5) is 0 Å². The molecule has 2 rings (SSSR count). The molecule has 0 bridgehead atoms. The maximum absolute atomic E-state index is 12.4. The molecule has 6 nitrogen and oxygen atoms in total. The maximum atomic E-state index is 12.4. The molecule has 0 spiro atoms. The quantitative estimate of drug-likeness (QED) is 0.509. The van der Waals surface area contributed by atoms with E-state index in [1.165, 1.54) is 12.8 Å². The van der Waals surface area contributed by atoms with Crippen LogP contribution in [0.5, 0.6) is 5.75 Å². The van der Waals surface area contributed by atoms with Crippen LogP contribution in [-0.2, 0) is 11.3 Å². The highest BCUT2D eigenvalue weighted by Crippen LogP contribution is 2.29. The smallest absolute Gasteiger partial charge is 0.269 e. The van der Waals surface area contributed by atoms with Crippen LogP contribution in [0.3, 0.4) is 0 Å². The van der Waals surface area contributed by atoms with E-state index in [4.69, 9.17) is 21.7 Å². The van der Waals surface area contributed by atoms with Crippen LogP contribution in [0.1, 0.15) is 56.0 Å². The molecule has 0 heterocycles. The van der Waals surface area contributed by atoms with E-state index in [2.05, 4.69) is 30.0 Å². The number of nitrogens with one attached hydrogen (secondary N) is 3. The van der Waals surface area contributed by atoms with E-state index < -0.39 is 0 Å². The molecule has 1 aliphatic carbocycles. The van der Waals surface area contributed by atoms with Gasteiger partial charge in [0, 0.05) is 23.8 Å². The lowest BCUT2D eigenvalue weighted by molar-refractivity contribution is 0.0942. The summed E-state index contributed by atoms with van der Waals surface area (Å²) >= 11 is 5.34. The third kappa shape index (κ3) is 6.07. The lowest BCUT2D eigenvalue weighted by atomic mass is 9.78. The van der Waals surface area contributed by atoms with E-state index in [-0.39, 0.29) is 5.91 Å². The molecule has 0 unspecified atom stereocenters. The number of hydrogen-bond donors (Lipinski definition) is 3. The minimum Gasteiger partial charge on any atom is -0.496 e. The fourth-order valence-corrected chi connectivity index (χ4v) is 3.62. The zero-order chi connectivity index (χ0) is 19.8. The van der Waals surface area contributed by atoms with Crippen LogP contribution in [0, 0.1) is 11.8 Å². The summed E-state index contributed by atoms with van der Waals surface area (Å²) in [5.41, 5.74) is 6.82. The highest BCUT2D eigenvalue weighted by Gasteiger charge is 2.27. The molecule has 1 aromatic rings. The molecule has 27 heavy (non-hydrogen) atoms. The second kappa shape index (κ2) is 10.5. The molecule has 3 atom stereocenters. The Balaban J connectivity index is 1.90. The molecule has 1 aliphatic rings. The van der Waals surface area contributed by atoms with Crippen molar-refractivity contribution >= 4 is 23.2 Å². The van der Waals surface area contributed by atoms with Crippen molar-refractivity contribution < 1.29 is 14.3 Å². The summed E-state index contributed by atoms with van der Waals surface area (Å²) in [6, 6.07) is 5.59. The van der Waals surface area contributed by atoms with E-state index in [9.17, 15) is 4.79 Å². The van der Waals surface area contributed by atoms with E-state index in [1.807, 2.05) is 6.92 Å². The van der Waals surface area contributed by atoms with Crippen molar-refractivity contribution in [2.45, 2.75) is 52.7 Å². The first-order valence-electron chi connectivity index (χ1n) is 9.57. The molecule has 0 saturated heterocycles. The number of hydrogen-bond acceptors (Lipinski definition) is 4. The molecule has 150 valence electrons. The van der Waals surface area contributed by atoms with Gasteiger partial charge < -0.3 is 14.8 Å². The first-order chi connectivity index (χ1) is 13.0. The monoisotopic (exact) mass is 393 g/mol. The topological polar surface area (TPSA) is 71.6 Å². The number of rotatable bonds is 6. The average Bonchev–Trinajstić information content (AvgIpc) is 2.67. The Morgan fingerprint density at radius 1 is 1.26 bits per heavy atom. The Labute approximate surface area is 167 Å². The first-order valence-corrected chi connectivity index (χ1v) is 9.98. The van der Waals surface area contributed by atoms with Crippen molar-refractivity contribution in [2.24, 2.45) is 11.8 Å². The predicted octanol–water partition coefficient (Wildman–Crippen LogP) is 3.17. The second-order valence-electron chi connectivity index (χ2n) is 7.09. The summed E-state index contributed by atoms with van der Waals surface area (Å²) in [5, 5.41) is 3.77. The molecule has 0 radical (unpaired) electrons. The van der Waals surface area contributed by atoms with Crippen molar-refractivity contribution in [3.8, 4) is 5.75 Å². The van der Waals surface area contributed by atoms with Gasteiger partial charge in [-0.3, -0.25) is 15.6 Å². The van der Waals surface area contributed by atoms with E-state index >= 15 is 0 Å². The minimum atomic E-state index is -0.260. The number of thiocarbonyl (C=S) groups is 1. The van der Waals surface area contributed by atoms with Crippen LogP contribution in [0.2, 0.25) is 0 Å². The third-order valence-corrected chi connectivity index (χ3v) is 5.54. The molecular formula is C20H31N3O3S. The molecule has 1 fully saturated rings. The van der Waals surface area contributed by atoms with Crippen molar-refractivity contribution in [3.05, 3.63) is 29.3 Å². The SMILES string of the molecule is CCOCc1cc(C(=O)NNC(=S)N[C@H]2CCC[C@H](C)[C@@H]2C)ccc1OC. The Hall–Kier alpha value is -1.86. The van der Waals surface area contributed by atoms with Gasteiger partial charge in [-0.15, -0.1) is 0 Å². The first kappa shape index (κ1) is 21.4. The Bertz CT molecular complexity index is 653. The zero-order valence-electron chi connectivity index (χ0n) is 16.6. The Morgan fingerprint density at radius 2 is 2.04 bits per heavy atom. The fourth-order valence-electron chi connectivity index (χ4n) is 3.42. The highest BCUT2D eigenvalue weighted by molar-refractivity contribution is 7.80. The summed E-state index contributed by atoms with van der Waals surface area (Å²) in [6.45, 7) is 7.44. The number of hydrazine groups is 1. The van der Waals surface area contributed by atoms with Gasteiger partial charge in [0.25, 0.3) is 5.91 Å². The van der Waals surface area contributed by atoms with Crippen molar-refractivity contribution in [1.82, 2.24) is 16.2 Å². The minimum absolute atomic E-state index is 0.260. The summed E-state index contributed by atoms with van der Waals surface area (Å²) in [7, 11) is 1.60. The Kier molecular flexibility index (Phi) is 8.31. The zero-order valence-corrected chi connectivity index (χ0v) is 17.4. The van der Waals surface area contributed by atoms with Crippen LogP contribution in [0.15, 0.2) is 18.2 Å². The average molecular weight is 394 g/mol. The molecule has 3 N–H and O–H groups in total. The van der Waals surface area contributed by atoms with Crippen LogP contribution in [0.25, 0.3) is 0 Å². The van der Waals surface area contributed by atoms with E-state index in [0.29, 0.717) is 47.5 Å². The normalized spacial score (nSPS) is 22.0. The van der Waals surface area contributed by atoms with Crippen molar-refractivity contribution in [1.29, 1.82) is 0 Å². The van der Waals surface area contributed by atoms with E-state index in [0.717, 1.165) is 12.0 Å². The summed E-state index contributed by atoms with van der Waals surface area (Å²) in [6.07, 6.45) is 3.56. The second-order valence-corrected chi connectivity index (χ2v) is 7.50. The lowest BCUT2D eigenvalue weighted by Crippen LogP contribution is -2.52. The number of carbonyl (C=O) groups is 1. The van der Waals surface area contributed by atoms with Gasteiger partial charge in [-0.1, -0.05) is 26.7 Å². The molecule has 1 saturated carbocycles. The van der Waals surface area contributed by atoms with Crippen molar-refractivity contribution in [2.75, 3.05) is 13.7 Å². The summed E-state index contributed by atoms with van der Waals surface area (Å²) in [5.74, 6) is 1.67. The van der Waals surface area contributed by atoms with Crippen LogP contribution < -0.4 is 20.9 Å². The van der Waals surface area contributed by atoms with Gasteiger partial charge in [-0.25, -0.2) is 0 Å². The van der Waals surface area contributed by atoms with Gasteiger partial charge >= 0.3 is 0 Å². The standard InChI is InChI=1S/C20H31N3O3S/c1-5-26-12-16-11-15(9-10-18(16)25-4)19(24)22-23-20(27)21-17-8-6-7-13(2)14(17)3/h9-11,13-14,17H,5-8,12H2,1-4H3,(H,22,24)(H2,21,23,27)/t13-,14-,17-/m0/s1. The molecule has 0 aliphatic heterocycles. The highest BCUT2D eigenvalue weighted by atomic mass is 32.1. The number of amides is 1. The number of carbonyl (C=O) groups excluding carboxylic acids is 1. The summed E-state index contributed by atoms with van der Waals surface area (Å²) in [4.78, 5) is 12.4. The summed E-state index contributed by atoms with van der Waals surface area (Å²) < 4.78 is 10.8. The van der Waals surface area contributed by atoms with Gasteiger partial charge in [-0.2, -0.15) is 0 Å². The molecule has 1 amide bonds. The number of methoxy groups -OCH3 is 1. The molecular weight excluding hydrogens is 362 g/mol. The predicted molar refractivity (Wildman–Crippen MR) is 111 cm³/mol. The van der Waals surface area contributed by atoms with Crippen molar-refractivity contribution in [3.63, 3.8) is 0 Å². The van der Waals surface area contributed by atoms with E-state index in [1.54, 1.807) is 25.3 Å². The Morgan fingerprint density at radius 3 is 2.74 bits per heavy atom. The largest absolute Gasteiger partial charge is 0.496 e. The van der Waals surface area contributed by atoms with Gasteiger partial charge in [0.15, 0.2) is 5.11 Å². The fraction of sp³-hybridized carbons (Fsp3) is 0.600. The van der Waals surface area contributed by atoms with Crippen LogP contribution in [-0.4, -0.2) is 30.8 Å². The number of ether oxygens (including phenoxy) is 2. The van der Waals surface area contributed by atoms with Gasteiger partial charge in [0.1, 0.15) is 5.75 Å². The maximum Gasteiger partial charge on any atom is 0.269 e. The molecule has 7 heteroatoms. The van der Waals surface area contributed by atoms with Gasteiger partial charge in [0.05, 0.1) is 13.7 Å². The van der Waals surface area contributed by atoms with Gasteiger partial charge in [-0.05, 0) is 55.6 Å². The molecule has 1 aromatic carbocycles.